The fraction of sp³-hybridized carbons (Fsp3) is 0.800. The topological polar surface area (TPSA) is 47.1 Å². The summed E-state index contributed by atoms with van der Waals surface area (Å²) in [6.07, 6.45) is 9.03. The van der Waals surface area contributed by atoms with Crippen molar-refractivity contribution in [1.82, 2.24) is 14.5 Å². The van der Waals surface area contributed by atoms with E-state index in [9.17, 15) is 0 Å². The second kappa shape index (κ2) is 6.06. The molecule has 108 valence electrons. The number of rotatable bonds is 5. The Kier molecular flexibility index (Phi) is 4.63. The Balaban J connectivity index is 1.93. The molecule has 0 atom stereocenters. The normalized spacial score (nSPS) is 27.9. The van der Waals surface area contributed by atoms with E-state index in [1.807, 2.05) is 6.20 Å². The van der Waals surface area contributed by atoms with E-state index in [1.165, 1.54) is 25.7 Å². The molecule has 0 saturated heterocycles. The van der Waals surface area contributed by atoms with Gasteiger partial charge in [0.25, 0.3) is 0 Å². The molecule has 2 N–H and O–H groups in total. The fourth-order valence-corrected chi connectivity index (χ4v) is 3.18. The first-order chi connectivity index (χ1) is 9.07. The average Bonchev–Trinajstić information content (AvgIpc) is 2.83. The molecule has 1 aromatic rings. The third-order valence-electron chi connectivity index (χ3n) is 4.99. The van der Waals surface area contributed by atoms with Crippen LogP contribution in [0.1, 0.15) is 38.4 Å². The highest BCUT2D eigenvalue weighted by Gasteiger charge is 2.36. The van der Waals surface area contributed by atoms with Gasteiger partial charge in [-0.15, -0.1) is 0 Å². The molecule has 4 heteroatoms. The van der Waals surface area contributed by atoms with E-state index in [2.05, 4.69) is 41.5 Å². The highest BCUT2D eigenvalue weighted by Crippen LogP contribution is 2.35. The zero-order valence-electron chi connectivity index (χ0n) is 12.6. The molecule has 1 fully saturated rings. The van der Waals surface area contributed by atoms with E-state index in [1.54, 1.807) is 0 Å². The van der Waals surface area contributed by atoms with Crippen LogP contribution < -0.4 is 5.73 Å². The van der Waals surface area contributed by atoms with Crippen LogP contribution in [0.2, 0.25) is 0 Å². The summed E-state index contributed by atoms with van der Waals surface area (Å²) < 4.78 is 2.21. The van der Waals surface area contributed by atoms with Crippen LogP contribution in [0.3, 0.4) is 0 Å². The molecule has 0 radical (unpaired) electrons. The molecule has 0 aromatic carbocycles. The summed E-state index contributed by atoms with van der Waals surface area (Å²) in [5.74, 6) is 1.96. The number of nitrogens with zero attached hydrogens (tertiary/aromatic N) is 3. The average molecular weight is 264 g/mol. The zero-order chi connectivity index (χ0) is 13.9. The molecular weight excluding hydrogens is 236 g/mol. The predicted molar refractivity (Wildman–Crippen MR) is 79.0 cm³/mol. The van der Waals surface area contributed by atoms with Gasteiger partial charge in [0.2, 0.25) is 0 Å². The van der Waals surface area contributed by atoms with Gasteiger partial charge in [-0.3, -0.25) is 4.90 Å². The first-order valence-corrected chi connectivity index (χ1v) is 7.46. The third-order valence-corrected chi connectivity index (χ3v) is 4.99. The molecule has 0 spiro atoms. The van der Waals surface area contributed by atoms with Gasteiger partial charge < -0.3 is 10.3 Å². The van der Waals surface area contributed by atoms with Crippen molar-refractivity contribution < 1.29 is 0 Å². The van der Waals surface area contributed by atoms with Crippen molar-refractivity contribution in [3.8, 4) is 0 Å². The summed E-state index contributed by atoms with van der Waals surface area (Å²) in [5, 5.41) is 0. The molecule has 1 saturated carbocycles. The zero-order valence-corrected chi connectivity index (χ0v) is 12.6. The van der Waals surface area contributed by atoms with Crippen LogP contribution in [0.25, 0.3) is 0 Å². The summed E-state index contributed by atoms with van der Waals surface area (Å²) in [6, 6.07) is 0. The maximum absolute atomic E-state index is 6.10. The fourth-order valence-electron chi connectivity index (χ4n) is 3.18. The maximum atomic E-state index is 6.10. The Bertz CT molecular complexity index is 391. The molecule has 1 aromatic heterocycles. The third kappa shape index (κ3) is 3.18. The number of hydrogen-bond donors (Lipinski definition) is 1. The summed E-state index contributed by atoms with van der Waals surface area (Å²) in [6.45, 7) is 7.23. The molecule has 2 rings (SSSR count). The summed E-state index contributed by atoms with van der Waals surface area (Å²) >= 11 is 0. The second-order valence-corrected chi connectivity index (χ2v) is 6.20. The van der Waals surface area contributed by atoms with Crippen molar-refractivity contribution in [3.05, 3.63) is 18.2 Å². The minimum absolute atomic E-state index is 0.223. The highest BCUT2D eigenvalue weighted by atomic mass is 15.2. The van der Waals surface area contributed by atoms with Crippen LogP contribution in [-0.2, 0) is 6.54 Å². The van der Waals surface area contributed by atoms with Gasteiger partial charge in [-0.1, -0.05) is 6.92 Å². The number of aryl methyl sites for hydroxylation is 1. The molecule has 0 bridgehead atoms. The molecule has 0 unspecified atom stereocenters. The first-order valence-electron chi connectivity index (χ1n) is 7.46. The molecule has 1 aliphatic carbocycles. The van der Waals surface area contributed by atoms with Crippen molar-refractivity contribution in [2.24, 2.45) is 11.7 Å². The largest absolute Gasteiger partial charge is 0.334 e. The quantitative estimate of drug-likeness (QED) is 0.885. The van der Waals surface area contributed by atoms with Crippen molar-refractivity contribution in [1.29, 1.82) is 0 Å². The Hall–Kier alpha value is -0.870. The van der Waals surface area contributed by atoms with Gasteiger partial charge in [-0.2, -0.15) is 0 Å². The van der Waals surface area contributed by atoms with E-state index < -0.39 is 0 Å². The lowest BCUT2D eigenvalue weighted by molar-refractivity contribution is 0.0648. The van der Waals surface area contributed by atoms with Gasteiger partial charge in [0.05, 0.1) is 0 Å². The monoisotopic (exact) mass is 264 g/mol. The molecule has 0 aliphatic heterocycles. The Morgan fingerprint density at radius 1 is 1.47 bits per heavy atom. The standard InChI is InChI=1S/C15H28N4/c1-13-4-6-15(12-16,7-5-13)18(3)10-11-19-9-8-17-14(19)2/h8-9,13H,4-7,10-12,16H2,1-3H3. The lowest BCUT2D eigenvalue weighted by Crippen LogP contribution is -2.54. The second-order valence-electron chi connectivity index (χ2n) is 6.20. The minimum atomic E-state index is 0.223. The van der Waals surface area contributed by atoms with Crippen LogP contribution in [-0.4, -0.2) is 40.1 Å². The van der Waals surface area contributed by atoms with Gasteiger partial charge in [0, 0.05) is 37.6 Å². The van der Waals surface area contributed by atoms with Crippen molar-refractivity contribution in [2.75, 3.05) is 20.1 Å². The SMILES string of the molecule is Cc1nccn1CCN(C)C1(CN)CCC(C)CC1. The van der Waals surface area contributed by atoms with Gasteiger partial charge in [0.1, 0.15) is 5.82 Å². The van der Waals surface area contributed by atoms with Crippen molar-refractivity contribution in [3.63, 3.8) is 0 Å². The van der Waals surface area contributed by atoms with E-state index in [-0.39, 0.29) is 5.54 Å². The van der Waals surface area contributed by atoms with Gasteiger partial charge in [-0.25, -0.2) is 4.98 Å². The lowest BCUT2D eigenvalue weighted by Gasteiger charge is -2.45. The van der Waals surface area contributed by atoms with E-state index in [4.69, 9.17) is 5.73 Å². The van der Waals surface area contributed by atoms with E-state index in [0.29, 0.717) is 0 Å². The van der Waals surface area contributed by atoms with Crippen LogP contribution >= 0.6 is 0 Å². The molecule has 1 heterocycles. The first kappa shape index (κ1) is 14.5. The Morgan fingerprint density at radius 2 is 2.16 bits per heavy atom. The maximum Gasteiger partial charge on any atom is 0.105 e. The van der Waals surface area contributed by atoms with Crippen molar-refractivity contribution >= 4 is 0 Å². The molecular formula is C15H28N4. The van der Waals surface area contributed by atoms with Crippen LogP contribution in [0.15, 0.2) is 12.4 Å². The highest BCUT2D eigenvalue weighted by molar-refractivity contribution is 4.95. The van der Waals surface area contributed by atoms with Crippen LogP contribution in [0.5, 0.6) is 0 Å². The smallest absolute Gasteiger partial charge is 0.105 e. The Morgan fingerprint density at radius 3 is 2.68 bits per heavy atom. The number of hydrogen-bond acceptors (Lipinski definition) is 3. The summed E-state index contributed by atoms with van der Waals surface area (Å²) in [7, 11) is 2.23. The molecule has 1 aliphatic rings. The molecule has 4 nitrogen and oxygen atoms in total. The number of imidazole rings is 1. The van der Waals surface area contributed by atoms with Gasteiger partial charge in [0.15, 0.2) is 0 Å². The minimum Gasteiger partial charge on any atom is -0.334 e. The summed E-state index contributed by atoms with van der Waals surface area (Å²) in [4.78, 5) is 6.76. The van der Waals surface area contributed by atoms with Crippen LogP contribution in [0, 0.1) is 12.8 Å². The Labute approximate surface area is 117 Å². The van der Waals surface area contributed by atoms with Crippen molar-refractivity contribution in [2.45, 2.75) is 51.6 Å². The van der Waals surface area contributed by atoms with E-state index in [0.717, 1.165) is 31.4 Å². The van der Waals surface area contributed by atoms with Gasteiger partial charge in [-0.05, 0) is 45.6 Å². The predicted octanol–water partition coefficient (Wildman–Crippen LogP) is 2.03. The lowest BCUT2D eigenvalue weighted by atomic mass is 9.76. The molecule has 0 amide bonds. The van der Waals surface area contributed by atoms with E-state index >= 15 is 0 Å². The number of nitrogens with two attached hydrogens (primary N) is 1. The molecule has 19 heavy (non-hydrogen) atoms. The number of likely N-dealkylation sites (N-methyl/N-ethyl adjacent to an activating group) is 1. The number of aromatic nitrogens is 2. The summed E-state index contributed by atoms with van der Waals surface area (Å²) in [5.41, 5.74) is 6.33. The van der Waals surface area contributed by atoms with Crippen LogP contribution in [0.4, 0.5) is 0 Å². The van der Waals surface area contributed by atoms with Gasteiger partial charge >= 0.3 is 0 Å².